The maximum atomic E-state index is 12.1. The maximum absolute atomic E-state index is 12.1. The molecule has 0 fully saturated rings. The van der Waals surface area contributed by atoms with Gasteiger partial charge in [-0.2, -0.15) is 0 Å². The molecule has 0 bridgehead atoms. The van der Waals surface area contributed by atoms with Gasteiger partial charge in [0.15, 0.2) is 0 Å². The van der Waals surface area contributed by atoms with Gasteiger partial charge in [0.2, 0.25) is 11.8 Å². The fourth-order valence-corrected chi connectivity index (χ4v) is 2.85. The molecule has 0 aliphatic heterocycles. The Morgan fingerprint density at radius 2 is 1.92 bits per heavy atom. The van der Waals surface area contributed by atoms with E-state index < -0.39 is 0 Å². The first-order valence-electron chi connectivity index (χ1n) is 7.60. The van der Waals surface area contributed by atoms with E-state index in [-0.39, 0.29) is 11.7 Å². The number of rotatable bonds is 5. The second-order valence-corrected chi connectivity index (χ2v) is 6.90. The van der Waals surface area contributed by atoms with Crippen LogP contribution >= 0.6 is 23.4 Å². The Morgan fingerprint density at radius 3 is 2.68 bits per heavy atom. The molecule has 0 aliphatic rings. The van der Waals surface area contributed by atoms with E-state index >= 15 is 0 Å². The summed E-state index contributed by atoms with van der Waals surface area (Å²) in [6, 6.07) is 13.1. The van der Waals surface area contributed by atoms with Crippen LogP contribution in [0.25, 0.3) is 11.5 Å². The van der Waals surface area contributed by atoms with Crippen molar-refractivity contribution in [3.05, 3.63) is 58.6 Å². The Hall–Kier alpha value is -2.31. The Bertz CT molecular complexity index is 894. The molecule has 7 heteroatoms. The predicted molar refractivity (Wildman–Crippen MR) is 100 cm³/mol. The number of amides is 1. The highest BCUT2D eigenvalue weighted by atomic mass is 35.5. The van der Waals surface area contributed by atoms with E-state index in [2.05, 4.69) is 15.5 Å². The fraction of sp³-hybridized carbons (Fsp3) is 0.167. The number of hydrogen-bond acceptors (Lipinski definition) is 5. The molecule has 3 rings (SSSR count). The van der Waals surface area contributed by atoms with Crippen molar-refractivity contribution in [2.24, 2.45) is 0 Å². The molecule has 2 aromatic carbocycles. The Morgan fingerprint density at radius 1 is 1.16 bits per heavy atom. The van der Waals surface area contributed by atoms with Crippen LogP contribution in [0.3, 0.4) is 0 Å². The van der Waals surface area contributed by atoms with Crippen molar-refractivity contribution >= 4 is 35.0 Å². The van der Waals surface area contributed by atoms with Gasteiger partial charge in [-0.1, -0.05) is 35.5 Å². The average molecular weight is 374 g/mol. The lowest BCUT2D eigenvalue weighted by molar-refractivity contribution is -0.113. The zero-order chi connectivity index (χ0) is 17.8. The minimum atomic E-state index is -0.120. The topological polar surface area (TPSA) is 68.0 Å². The van der Waals surface area contributed by atoms with E-state index in [4.69, 9.17) is 16.0 Å². The molecule has 1 N–H and O–H groups in total. The number of benzene rings is 2. The van der Waals surface area contributed by atoms with Gasteiger partial charge in [0.25, 0.3) is 5.22 Å². The van der Waals surface area contributed by atoms with Crippen LogP contribution in [0.4, 0.5) is 5.69 Å². The number of thioether (sulfide) groups is 1. The van der Waals surface area contributed by atoms with Crippen LogP contribution in [0.5, 0.6) is 0 Å². The first-order valence-corrected chi connectivity index (χ1v) is 8.97. The van der Waals surface area contributed by atoms with Gasteiger partial charge in [0, 0.05) is 16.3 Å². The first-order chi connectivity index (χ1) is 12.0. The summed E-state index contributed by atoms with van der Waals surface area (Å²) in [5, 5.41) is 11.8. The summed E-state index contributed by atoms with van der Waals surface area (Å²) in [7, 11) is 0. The molecule has 0 spiro atoms. The largest absolute Gasteiger partial charge is 0.411 e. The number of halogens is 1. The molecule has 1 amide bonds. The number of aromatic nitrogens is 2. The summed E-state index contributed by atoms with van der Waals surface area (Å²) < 4.78 is 5.57. The summed E-state index contributed by atoms with van der Waals surface area (Å²) in [4.78, 5) is 12.1. The van der Waals surface area contributed by atoms with E-state index in [0.717, 1.165) is 22.4 Å². The van der Waals surface area contributed by atoms with Crippen LogP contribution in [-0.2, 0) is 4.79 Å². The van der Waals surface area contributed by atoms with Crippen LogP contribution in [0.1, 0.15) is 11.1 Å². The number of nitrogens with zero attached hydrogens (tertiary/aromatic N) is 2. The van der Waals surface area contributed by atoms with Gasteiger partial charge >= 0.3 is 0 Å². The van der Waals surface area contributed by atoms with E-state index in [1.807, 2.05) is 32.0 Å². The minimum Gasteiger partial charge on any atom is -0.411 e. The van der Waals surface area contributed by atoms with Crippen LogP contribution in [0.15, 0.2) is 52.1 Å². The van der Waals surface area contributed by atoms with Gasteiger partial charge < -0.3 is 9.73 Å². The monoisotopic (exact) mass is 373 g/mol. The molecule has 1 aromatic heterocycles. The summed E-state index contributed by atoms with van der Waals surface area (Å²) in [5.74, 6) is 0.467. The molecule has 1 heterocycles. The highest BCUT2D eigenvalue weighted by Crippen LogP contribution is 2.24. The van der Waals surface area contributed by atoms with Gasteiger partial charge in [-0.3, -0.25) is 4.79 Å². The first kappa shape index (κ1) is 17.5. The minimum absolute atomic E-state index is 0.120. The van der Waals surface area contributed by atoms with Crippen molar-refractivity contribution in [1.82, 2.24) is 10.2 Å². The van der Waals surface area contributed by atoms with Crippen molar-refractivity contribution in [1.29, 1.82) is 0 Å². The Kier molecular flexibility index (Phi) is 5.40. The normalized spacial score (nSPS) is 10.7. The molecule has 5 nitrogen and oxygen atoms in total. The summed E-state index contributed by atoms with van der Waals surface area (Å²) in [6.07, 6.45) is 0. The molecular formula is C18H16ClN3O2S. The number of carbonyl (C=O) groups is 1. The smallest absolute Gasteiger partial charge is 0.277 e. The van der Waals surface area contributed by atoms with E-state index in [1.165, 1.54) is 11.8 Å². The quantitative estimate of drug-likeness (QED) is 0.654. The Balaban J connectivity index is 1.59. The predicted octanol–water partition coefficient (Wildman–Crippen LogP) is 4.74. The molecule has 0 radical (unpaired) electrons. The molecular weight excluding hydrogens is 358 g/mol. The molecule has 128 valence electrons. The molecule has 0 saturated heterocycles. The van der Waals surface area contributed by atoms with Gasteiger partial charge in [-0.05, 0) is 55.3 Å². The maximum Gasteiger partial charge on any atom is 0.277 e. The zero-order valence-electron chi connectivity index (χ0n) is 13.7. The summed E-state index contributed by atoms with van der Waals surface area (Å²) in [5.41, 5.74) is 3.71. The third kappa shape index (κ3) is 4.61. The van der Waals surface area contributed by atoms with E-state index in [9.17, 15) is 4.79 Å². The zero-order valence-corrected chi connectivity index (χ0v) is 15.3. The second-order valence-electron chi connectivity index (χ2n) is 5.54. The van der Waals surface area contributed by atoms with Crippen molar-refractivity contribution in [3.8, 4) is 11.5 Å². The van der Waals surface area contributed by atoms with Gasteiger partial charge in [0.05, 0.1) is 5.75 Å². The lowest BCUT2D eigenvalue weighted by Crippen LogP contribution is -2.14. The molecule has 0 unspecified atom stereocenters. The molecule has 0 saturated carbocycles. The van der Waals surface area contributed by atoms with Crippen molar-refractivity contribution in [2.45, 2.75) is 19.1 Å². The number of anilines is 1. The molecule has 3 aromatic rings. The van der Waals surface area contributed by atoms with Gasteiger partial charge in [0.1, 0.15) is 0 Å². The van der Waals surface area contributed by atoms with E-state index in [1.54, 1.807) is 24.3 Å². The second kappa shape index (κ2) is 7.72. The van der Waals surface area contributed by atoms with Crippen LogP contribution in [0.2, 0.25) is 5.02 Å². The SMILES string of the molecule is Cc1ccc(C)c(NC(=O)CSc2nnc(-c3ccc(Cl)cc3)o2)c1. The van der Waals surface area contributed by atoms with Crippen molar-refractivity contribution in [3.63, 3.8) is 0 Å². The standard InChI is InChI=1S/C18H16ClN3O2S/c1-11-3-4-12(2)15(9-11)20-16(23)10-25-18-22-21-17(24-18)13-5-7-14(19)8-6-13/h3-9H,10H2,1-2H3,(H,20,23). The highest BCUT2D eigenvalue weighted by molar-refractivity contribution is 7.99. The van der Waals surface area contributed by atoms with Gasteiger partial charge in [-0.15, -0.1) is 10.2 Å². The number of hydrogen-bond donors (Lipinski definition) is 1. The van der Waals surface area contributed by atoms with E-state index in [0.29, 0.717) is 16.1 Å². The van der Waals surface area contributed by atoms with Crippen LogP contribution in [0, 0.1) is 13.8 Å². The third-order valence-corrected chi connectivity index (χ3v) is 4.56. The van der Waals surface area contributed by atoms with Gasteiger partial charge in [-0.25, -0.2) is 0 Å². The average Bonchev–Trinajstić information content (AvgIpc) is 3.06. The Labute approximate surface area is 154 Å². The lowest BCUT2D eigenvalue weighted by atomic mass is 10.1. The highest BCUT2D eigenvalue weighted by Gasteiger charge is 2.12. The molecule has 0 aliphatic carbocycles. The van der Waals surface area contributed by atoms with Crippen molar-refractivity contribution in [2.75, 3.05) is 11.1 Å². The molecule has 0 atom stereocenters. The number of nitrogens with one attached hydrogen (secondary N) is 1. The third-order valence-electron chi connectivity index (χ3n) is 3.49. The fourth-order valence-electron chi connectivity index (χ4n) is 2.16. The number of carbonyl (C=O) groups excluding carboxylic acids is 1. The van der Waals surface area contributed by atoms with Crippen LogP contribution < -0.4 is 5.32 Å². The summed E-state index contributed by atoms with van der Waals surface area (Å²) >= 11 is 7.06. The molecule has 25 heavy (non-hydrogen) atoms. The lowest BCUT2D eigenvalue weighted by Gasteiger charge is -2.08. The number of aryl methyl sites for hydroxylation is 2. The van der Waals surface area contributed by atoms with Crippen LogP contribution in [-0.4, -0.2) is 21.9 Å². The summed E-state index contributed by atoms with van der Waals surface area (Å²) in [6.45, 7) is 3.94. The van der Waals surface area contributed by atoms with Crippen molar-refractivity contribution < 1.29 is 9.21 Å².